The second kappa shape index (κ2) is 6.99. The molecule has 136 valence electrons. The van der Waals surface area contributed by atoms with Crippen molar-refractivity contribution in [1.82, 2.24) is 15.3 Å². The van der Waals surface area contributed by atoms with Gasteiger partial charge in [0.15, 0.2) is 0 Å². The summed E-state index contributed by atoms with van der Waals surface area (Å²) in [7, 11) is 0. The molecule has 2 fully saturated rings. The Bertz CT molecular complexity index is 786. The fourth-order valence-corrected chi connectivity index (χ4v) is 3.28. The van der Waals surface area contributed by atoms with E-state index in [0.717, 1.165) is 37.2 Å². The van der Waals surface area contributed by atoms with Crippen molar-refractivity contribution in [2.45, 2.75) is 24.8 Å². The van der Waals surface area contributed by atoms with Crippen LogP contribution >= 0.6 is 0 Å². The molecule has 0 bridgehead atoms. The van der Waals surface area contributed by atoms with Crippen molar-refractivity contribution in [3.8, 4) is 0 Å². The van der Waals surface area contributed by atoms with E-state index in [4.69, 9.17) is 4.74 Å². The largest absolute Gasteiger partial charge is 0.378 e. The second-order valence-corrected chi connectivity index (χ2v) is 6.72. The lowest BCUT2D eigenvalue weighted by Crippen LogP contribution is -2.38. The molecule has 2 heterocycles. The first-order valence-corrected chi connectivity index (χ1v) is 8.86. The third-order valence-electron chi connectivity index (χ3n) is 5.01. The molecular weight excluding hydrogens is 335 g/mol. The number of ether oxygens (including phenoxy) is 1. The molecule has 1 aromatic heterocycles. The summed E-state index contributed by atoms with van der Waals surface area (Å²) < 4.78 is 18.5. The van der Waals surface area contributed by atoms with Crippen LogP contribution in [0.3, 0.4) is 0 Å². The number of anilines is 1. The van der Waals surface area contributed by atoms with Crippen molar-refractivity contribution in [1.29, 1.82) is 0 Å². The molecule has 7 heteroatoms. The number of hydrogen-bond donors (Lipinski definition) is 1. The van der Waals surface area contributed by atoms with Crippen LogP contribution in [0, 0.1) is 5.82 Å². The molecule has 2 aromatic rings. The number of amides is 1. The van der Waals surface area contributed by atoms with Crippen LogP contribution in [0.4, 0.5) is 10.3 Å². The topological polar surface area (TPSA) is 67.4 Å². The van der Waals surface area contributed by atoms with Gasteiger partial charge in [-0.3, -0.25) is 4.79 Å². The molecule has 0 unspecified atom stereocenters. The second-order valence-electron chi connectivity index (χ2n) is 6.72. The van der Waals surface area contributed by atoms with Crippen molar-refractivity contribution in [2.24, 2.45) is 0 Å². The fraction of sp³-hybridized carbons (Fsp3) is 0.421. The first kappa shape index (κ1) is 16.9. The number of carbonyl (C=O) groups is 1. The molecule has 1 N–H and O–H groups in total. The minimum atomic E-state index is -0.520. The van der Waals surface area contributed by atoms with Crippen molar-refractivity contribution in [2.75, 3.05) is 31.2 Å². The standard InChI is InChI=1S/C19H21FN4O2/c20-15-3-1-14(2-4-15)19(6-7-19)17(25)22-13-16-5-8-21-18(23-16)24-9-11-26-12-10-24/h1-5,8H,6-7,9-13H2,(H,22,25). The van der Waals surface area contributed by atoms with E-state index >= 15 is 0 Å². The lowest BCUT2D eigenvalue weighted by atomic mass is 9.95. The van der Waals surface area contributed by atoms with Gasteiger partial charge in [-0.1, -0.05) is 12.1 Å². The highest BCUT2D eigenvalue weighted by Gasteiger charge is 2.51. The van der Waals surface area contributed by atoms with Gasteiger partial charge in [0.05, 0.1) is 30.9 Å². The normalized spacial score (nSPS) is 18.4. The molecule has 1 aliphatic carbocycles. The molecule has 1 saturated carbocycles. The molecule has 0 atom stereocenters. The van der Waals surface area contributed by atoms with E-state index in [1.165, 1.54) is 12.1 Å². The number of morpholine rings is 1. The quantitative estimate of drug-likeness (QED) is 0.885. The van der Waals surface area contributed by atoms with Crippen LogP contribution in [-0.2, 0) is 21.5 Å². The first-order chi connectivity index (χ1) is 12.7. The van der Waals surface area contributed by atoms with Crippen molar-refractivity contribution >= 4 is 11.9 Å². The number of rotatable bonds is 5. The lowest BCUT2D eigenvalue weighted by Gasteiger charge is -2.26. The molecule has 1 saturated heterocycles. The maximum Gasteiger partial charge on any atom is 0.230 e. The summed E-state index contributed by atoms with van der Waals surface area (Å²) in [6.45, 7) is 3.23. The van der Waals surface area contributed by atoms with Gasteiger partial charge < -0.3 is 15.0 Å². The van der Waals surface area contributed by atoms with Crippen LogP contribution in [0.15, 0.2) is 36.5 Å². The predicted molar refractivity (Wildman–Crippen MR) is 94.2 cm³/mol. The van der Waals surface area contributed by atoms with Gasteiger partial charge in [0.25, 0.3) is 0 Å². The smallest absolute Gasteiger partial charge is 0.230 e. The molecule has 0 radical (unpaired) electrons. The molecule has 1 amide bonds. The Kier molecular flexibility index (Phi) is 4.55. The molecule has 1 aromatic carbocycles. The van der Waals surface area contributed by atoms with Gasteiger partial charge in [0, 0.05) is 19.3 Å². The van der Waals surface area contributed by atoms with Gasteiger partial charge in [0.2, 0.25) is 11.9 Å². The molecule has 4 rings (SSSR count). The maximum absolute atomic E-state index is 13.1. The zero-order valence-electron chi connectivity index (χ0n) is 14.4. The van der Waals surface area contributed by atoms with Gasteiger partial charge in [-0.15, -0.1) is 0 Å². The monoisotopic (exact) mass is 356 g/mol. The van der Waals surface area contributed by atoms with E-state index in [1.54, 1.807) is 18.3 Å². The Labute approximate surface area is 151 Å². The molecule has 26 heavy (non-hydrogen) atoms. The third kappa shape index (κ3) is 3.39. The Morgan fingerprint density at radius 3 is 2.62 bits per heavy atom. The Balaban J connectivity index is 1.41. The zero-order chi connectivity index (χ0) is 18.0. The average molecular weight is 356 g/mol. The number of hydrogen-bond acceptors (Lipinski definition) is 5. The van der Waals surface area contributed by atoms with Crippen LogP contribution in [0.25, 0.3) is 0 Å². The van der Waals surface area contributed by atoms with Crippen LogP contribution in [0.5, 0.6) is 0 Å². The van der Waals surface area contributed by atoms with Gasteiger partial charge >= 0.3 is 0 Å². The summed E-state index contributed by atoms with van der Waals surface area (Å²) in [5.41, 5.74) is 1.12. The van der Waals surface area contributed by atoms with E-state index in [1.807, 2.05) is 6.07 Å². The molecule has 6 nitrogen and oxygen atoms in total. The average Bonchev–Trinajstić information content (AvgIpc) is 3.50. The van der Waals surface area contributed by atoms with Crippen molar-refractivity contribution in [3.63, 3.8) is 0 Å². The van der Waals surface area contributed by atoms with E-state index in [-0.39, 0.29) is 11.7 Å². The predicted octanol–water partition coefficient (Wildman–Crippen LogP) is 1.80. The van der Waals surface area contributed by atoms with E-state index < -0.39 is 5.41 Å². The Hall–Kier alpha value is -2.54. The molecule has 1 aliphatic heterocycles. The van der Waals surface area contributed by atoms with E-state index in [0.29, 0.717) is 25.7 Å². The number of benzene rings is 1. The van der Waals surface area contributed by atoms with Gasteiger partial charge in [-0.25, -0.2) is 14.4 Å². The Morgan fingerprint density at radius 1 is 1.19 bits per heavy atom. The van der Waals surface area contributed by atoms with Crippen molar-refractivity contribution in [3.05, 3.63) is 53.6 Å². The van der Waals surface area contributed by atoms with Crippen LogP contribution in [0.1, 0.15) is 24.1 Å². The number of nitrogens with one attached hydrogen (secondary N) is 1. The summed E-state index contributed by atoms with van der Waals surface area (Å²) >= 11 is 0. The van der Waals surface area contributed by atoms with Crippen LogP contribution < -0.4 is 10.2 Å². The van der Waals surface area contributed by atoms with Gasteiger partial charge in [0.1, 0.15) is 5.82 Å². The number of halogens is 1. The highest BCUT2D eigenvalue weighted by atomic mass is 19.1. The fourth-order valence-electron chi connectivity index (χ4n) is 3.28. The minimum Gasteiger partial charge on any atom is -0.378 e. The van der Waals surface area contributed by atoms with Gasteiger partial charge in [-0.2, -0.15) is 0 Å². The maximum atomic E-state index is 13.1. The van der Waals surface area contributed by atoms with E-state index in [9.17, 15) is 9.18 Å². The van der Waals surface area contributed by atoms with E-state index in [2.05, 4.69) is 20.2 Å². The lowest BCUT2D eigenvalue weighted by molar-refractivity contribution is -0.123. The number of aromatic nitrogens is 2. The summed E-state index contributed by atoms with van der Waals surface area (Å²) in [4.78, 5) is 23.6. The van der Waals surface area contributed by atoms with Crippen LogP contribution in [-0.4, -0.2) is 42.2 Å². The number of carbonyl (C=O) groups excluding carboxylic acids is 1. The SMILES string of the molecule is O=C(NCc1ccnc(N2CCOCC2)n1)C1(c2ccc(F)cc2)CC1. The summed E-state index contributed by atoms with van der Waals surface area (Å²) in [6.07, 6.45) is 3.28. The third-order valence-corrected chi connectivity index (χ3v) is 5.01. The number of nitrogens with zero attached hydrogens (tertiary/aromatic N) is 3. The zero-order valence-corrected chi connectivity index (χ0v) is 14.4. The summed E-state index contributed by atoms with van der Waals surface area (Å²) in [6, 6.07) is 8.01. The summed E-state index contributed by atoms with van der Waals surface area (Å²) in [5, 5.41) is 2.98. The Morgan fingerprint density at radius 2 is 1.92 bits per heavy atom. The van der Waals surface area contributed by atoms with Crippen molar-refractivity contribution < 1.29 is 13.9 Å². The van der Waals surface area contributed by atoms with Crippen LogP contribution in [0.2, 0.25) is 0 Å². The molecule has 2 aliphatic rings. The first-order valence-electron chi connectivity index (χ1n) is 8.86. The highest BCUT2D eigenvalue weighted by molar-refractivity contribution is 5.91. The molecular formula is C19H21FN4O2. The minimum absolute atomic E-state index is 0.0318. The summed E-state index contributed by atoms with van der Waals surface area (Å²) in [5.74, 6) is 0.344. The van der Waals surface area contributed by atoms with Gasteiger partial charge in [-0.05, 0) is 36.6 Å². The highest BCUT2D eigenvalue weighted by Crippen LogP contribution is 2.48. The molecule has 0 spiro atoms.